The van der Waals surface area contributed by atoms with Gasteiger partial charge in [-0.15, -0.1) is 0 Å². The number of hydrogen-bond acceptors (Lipinski definition) is 5. The van der Waals surface area contributed by atoms with Gasteiger partial charge in [0.15, 0.2) is 15.8 Å². The van der Waals surface area contributed by atoms with Gasteiger partial charge < -0.3 is 9.47 Å². The molecule has 3 rings (SSSR count). The van der Waals surface area contributed by atoms with Gasteiger partial charge in [-0.3, -0.25) is 9.69 Å². The van der Waals surface area contributed by atoms with Crippen molar-refractivity contribution in [2.45, 2.75) is 6.92 Å². The Labute approximate surface area is 186 Å². The third kappa shape index (κ3) is 4.42. The first-order valence-corrected chi connectivity index (χ1v) is 10.7. The molecule has 0 aromatic heterocycles. The molecule has 1 heterocycles. The first-order valence-electron chi connectivity index (χ1n) is 7.98. The van der Waals surface area contributed by atoms with Crippen molar-refractivity contribution in [3.63, 3.8) is 0 Å². The summed E-state index contributed by atoms with van der Waals surface area (Å²) in [5.74, 6) is 1.17. The molecule has 0 unspecified atom stereocenters. The summed E-state index contributed by atoms with van der Waals surface area (Å²) in [5.41, 5.74) is 1.55. The highest BCUT2D eigenvalue weighted by atomic mass is 127. The van der Waals surface area contributed by atoms with Crippen LogP contribution in [-0.4, -0.2) is 23.9 Å². The van der Waals surface area contributed by atoms with Crippen molar-refractivity contribution in [1.29, 1.82) is 0 Å². The molecule has 1 fully saturated rings. The van der Waals surface area contributed by atoms with Crippen LogP contribution in [0.5, 0.6) is 11.5 Å². The molecule has 1 amide bonds. The van der Waals surface area contributed by atoms with Crippen molar-refractivity contribution in [3.05, 3.63) is 55.5 Å². The van der Waals surface area contributed by atoms with Crippen molar-refractivity contribution in [1.82, 2.24) is 0 Å². The zero-order valence-corrected chi connectivity index (χ0v) is 19.0. The summed E-state index contributed by atoms with van der Waals surface area (Å²) < 4.78 is 12.5. The Balaban J connectivity index is 1.95. The van der Waals surface area contributed by atoms with Crippen molar-refractivity contribution in [3.8, 4) is 11.5 Å². The molecule has 0 spiro atoms. The van der Waals surface area contributed by atoms with Crippen LogP contribution >= 0.6 is 58.2 Å². The van der Waals surface area contributed by atoms with Crippen LogP contribution in [0.25, 0.3) is 6.08 Å². The number of rotatable bonds is 5. The Kier molecular flexibility index (Phi) is 6.67. The summed E-state index contributed by atoms with van der Waals surface area (Å²) in [4.78, 5) is 15.0. The van der Waals surface area contributed by atoms with Gasteiger partial charge in [-0.05, 0) is 77.6 Å². The lowest BCUT2D eigenvalue weighted by atomic mass is 10.1. The maximum Gasteiger partial charge on any atom is 0.270 e. The van der Waals surface area contributed by atoms with Crippen LogP contribution in [0, 0.1) is 3.57 Å². The minimum atomic E-state index is -0.156. The number of methoxy groups -OCH3 is 1. The van der Waals surface area contributed by atoms with Crippen molar-refractivity contribution >= 4 is 80.2 Å². The summed E-state index contributed by atoms with van der Waals surface area (Å²) in [6, 6.07) is 10.8. The lowest BCUT2D eigenvalue weighted by Gasteiger charge is -2.14. The van der Waals surface area contributed by atoms with Gasteiger partial charge in [-0.2, -0.15) is 0 Å². The Hall–Kier alpha value is -1.29. The Morgan fingerprint density at radius 1 is 1.30 bits per heavy atom. The molecule has 2 aromatic carbocycles. The molecular weight excluding hydrogens is 517 g/mol. The van der Waals surface area contributed by atoms with Crippen molar-refractivity contribution < 1.29 is 14.3 Å². The Bertz CT molecular complexity index is 931. The smallest absolute Gasteiger partial charge is 0.270 e. The van der Waals surface area contributed by atoms with E-state index in [2.05, 4.69) is 22.6 Å². The number of carbonyl (C=O) groups is 1. The molecule has 8 heteroatoms. The number of thiocarbonyl (C=S) groups is 1. The zero-order valence-electron chi connectivity index (χ0n) is 14.5. The van der Waals surface area contributed by atoms with E-state index in [1.165, 1.54) is 16.7 Å². The quantitative estimate of drug-likeness (QED) is 0.279. The lowest BCUT2D eigenvalue weighted by Crippen LogP contribution is -2.27. The summed E-state index contributed by atoms with van der Waals surface area (Å²) >= 11 is 14.8. The number of nitrogens with zero attached hydrogens (tertiary/aromatic N) is 1. The predicted molar refractivity (Wildman–Crippen MR) is 124 cm³/mol. The van der Waals surface area contributed by atoms with E-state index in [9.17, 15) is 4.79 Å². The fourth-order valence-corrected chi connectivity index (χ4v) is 4.83. The number of amides is 1. The zero-order chi connectivity index (χ0) is 19.6. The van der Waals surface area contributed by atoms with E-state index in [4.69, 9.17) is 33.3 Å². The predicted octanol–water partition coefficient (Wildman–Crippen LogP) is 5.76. The number of benzene rings is 2. The van der Waals surface area contributed by atoms with Gasteiger partial charge in [-0.25, -0.2) is 0 Å². The van der Waals surface area contributed by atoms with Gasteiger partial charge in [-0.1, -0.05) is 35.6 Å². The standard InChI is InChI=1S/C19H15ClINO3S2/c1-3-25-15-9-11(8-14(21)17(15)24-2)10-16-18(23)22(19(26)27-16)13-6-4-12(20)5-7-13/h4-10H,3H2,1-2H3/b16-10-. The maximum atomic E-state index is 12.9. The highest BCUT2D eigenvalue weighted by Gasteiger charge is 2.33. The highest BCUT2D eigenvalue weighted by Crippen LogP contribution is 2.39. The van der Waals surface area contributed by atoms with Crippen LogP contribution < -0.4 is 14.4 Å². The molecule has 0 radical (unpaired) electrons. The second-order valence-corrected chi connectivity index (χ2v) is 8.74. The van der Waals surface area contributed by atoms with Gasteiger partial charge in [0, 0.05) is 5.02 Å². The van der Waals surface area contributed by atoms with Crippen LogP contribution in [0.3, 0.4) is 0 Å². The number of carbonyl (C=O) groups excluding carboxylic acids is 1. The number of thioether (sulfide) groups is 1. The van der Waals surface area contributed by atoms with Gasteiger partial charge >= 0.3 is 0 Å². The minimum absolute atomic E-state index is 0.156. The first kappa shape index (κ1) is 20.4. The molecule has 1 saturated heterocycles. The fraction of sp³-hybridized carbons (Fsp3) is 0.158. The number of anilines is 1. The van der Waals surface area contributed by atoms with E-state index >= 15 is 0 Å². The summed E-state index contributed by atoms with van der Waals surface area (Å²) in [6.07, 6.45) is 1.82. The SMILES string of the molecule is CCOc1cc(/C=C2\SC(=S)N(c3ccc(Cl)cc3)C2=O)cc(I)c1OC. The van der Waals surface area contributed by atoms with Gasteiger partial charge in [0.05, 0.1) is 27.9 Å². The van der Waals surface area contributed by atoms with Crippen LogP contribution in [0.2, 0.25) is 5.02 Å². The van der Waals surface area contributed by atoms with E-state index in [0.29, 0.717) is 38.0 Å². The fourth-order valence-electron chi connectivity index (χ4n) is 2.56. The largest absolute Gasteiger partial charge is 0.492 e. The van der Waals surface area contributed by atoms with E-state index in [1.807, 2.05) is 25.1 Å². The van der Waals surface area contributed by atoms with Crippen LogP contribution in [0.15, 0.2) is 41.3 Å². The van der Waals surface area contributed by atoms with Crippen LogP contribution in [-0.2, 0) is 4.79 Å². The second-order valence-electron chi connectivity index (χ2n) is 5.46. The monoisotopic (exact) mass is 531 g/mol. The molecule has 0 bridgehead atoms. The molecule has 1 aliphatic heterocycles. The molecular formula is C19H15ClINO3S2. The number of hydrogen-bond donors (Lipinski definition) is 0. The molecule has 2 aromatic rings. The summed E-state index contributed by atoms with van der Waals surface area (Å²) in [5, 5.41) is 0.607. The van der Waals surface area contributed by atoms with Gasteiger partial charge in [0.2, 0.25) is 0 Å². The average molecular weight is 532 g/mol. The highest BCUT2D eigenvalue weighted by molar-refractivity contribution is 14.1. The van der Waals surface area contributed by atoms with Crippen LogP contribution in [0.4, 0.5) is 5.69 Å². The normalized spacial score (nSPS) is 15.6. The lowest BCUT2D eigenvalue weighted by molar-refractivity contribution is -0.113. The Morgan fingerprint density at radius 3 is 2.63 bits per heavy atom. The molecule has 1 aliphatic rings. The topological polar surface area (TPSA) is 38.8 Å². The van der Waals surface area contributed by atoms with Crippen molar-refractivity contribution in [2.75, 3.05) is 18.6 Å². The average Bonchev–Trinajstić information content (AvgIpc) is 2.90. The van der Waals surface area contributed by atoms with E-state index in [-0.39, 0.29) is 5.91 Å². The van der Waals surface area contributed by atoms with Crippen molar-refractivity contribution in [2.24, 2.45) is 0 Å². The molecule has 4 nitrogen and oxygen atoms in total. The minimum Gasteiger partial charge on any atom is -0.492 e. The molecule has 27 heavy (non-hydrogen) atoms. The summed E-state index contributed by atoms with van der Waals surface area (Å²) in [7, 11) is 1.61. The maximum absolute atomic E-state index is 12.9. The van der Waals surface area contributed by atoms with E-state index in [0.717, 1.165) is 9.13 Å². The van der Waals surface area contributed by atoms with E-state index < -0.39 is 0 Å². The summed E-state index contributed by atoms with van der Waals surface area (Å²) in [6.45, 7) is 2.44. The first-order chi connectivity index (χ1) is 12.9. The number of ether oxygens (including phenoxy) is 2. The van der Waals surface area contributed by atoms with Gasteiger partial charge in [0.25, 0.3) is 5.91 Å². The molecule has 0 aliphatic carbocycles. The second kappa shape index (κ2) is 8.81. The van der Waals surface area contributed by atoms with E-state index in [1.54, 1.807) is 31.4 Å². The van der Waals surface area contributed by atoms with Gasteiger partial charge in [0.1, 0.15) is 0 Å². The third-order valence-corrected chi connectivity index (χ3v) is 6.07. The molecule has 0 atom stereocenters. The van der Waals surface area contributed by atoms with Crippen LogP contribution in [0.1, 0.15) is 12.5 Å². The third-order valence-electron chi connectivity index (χ3n) is 3.71. The molecule has 0 saturated carbocycles. The molecule has 140 valence electrons. The molecule has 0 N–H and O–H groups in total. The number of halogens is 2. The Morgan fingerprint density at radius 2 is 2.00 bits per heavy atom.